The molecule has 174 valence electrons. The second-order valence-corrected chi connectivity index (χ2v) is 8.93. The molecular weight excluding hydrogens is 438 g/mol. The van der Waals surface area contributed by atoms with Gasteiger partial charge in [0, 0.05) is 17.7 Å². The highest BCUT2D eigenvalue weighted by Gasteiger charge is 2.35. The number of nitrogens with one attached hydrogen (secondary N) is 1. The Bertz CT molecular complexity index is 1090. The summed E-state index contributed by atoms with van der Waals surface area (Å²) in [7, 11) is -1.19. The Labute approximate surface area is 187 Å². The molecule has 0 fully saturated rings. The fraction of sp³-hybridized carbons (Fsp3) is 0.381. The van der Waals surface area contributed by atoms with Crippen LogP contribution in [0.4, 0.5) is 11.4 Å². The molecule has 0 heterocycles. The number of hydrogen-bond acceptors (Lipinski definition) is 7. The van der Waals surface area contributed by atoms with E-state index in [4.69, 9.17) is 9.47 Å². The number of carbonyl (C=O) groups excluding carboxylic acids is 1. The molecule has 0 spiro atoms. The van der Waals surface area contributed by atoms with Crippen LogP contribution < -0.4 is 19.1 Å². The first-order valence-corrected chi connectivity index (χ1v) is 11.6. The molecule has 0 aromatic heterocycles. The van der Waals surface area contributed by atoms with Gasteiger partial charge in [0.1, 0.15) is 23.2 Å². The molecule has 0 bridgehead atoms. The number of nitro groups is 1. The van der Waals surface area contributed by atoms with Crippen LogP contribution in [0.25, 0.3) is 0 Å². The minimum atomic E-state index is -4.02. The van der Waals surface area contributed by atoms with Crippen LogP contribution in [0.1, 0.15) is 31.9 Å². The van der Waals surface area contributed by atoms with Gasteiger partial charge in [0.15, 0.2) is 0 Å². The second kappa shape index (κ2) is 10.3. The third kappa shape index (κ3) is 5.47. The van der Waals surface area contributed by atoms with E-state index in [9.17, 15) is 23.3 Å². The number of ether oxygens (including phenoxy) is 2. The largest absolute Gasteiger partial charge is 0.496 e. The van der Waals surface area contributed by atoms with Crippen molar-refractivity contribution < 1.29 is 27.6 Å². The molecule has 2 aromatic rings. The Kier molecular flexibility index (Phi) is 8.03. The molecule has 0 radical (unpaired) electrons. The van der Waals surface area contributed by atoms with Crippen molar-refractivity contribution in [3.8, 4) is 11.5 Å². The van der Waals surface area contributed by atoms with Crippen molar-refractivity contribution in [2.75, 3.05) is 24.8 Å². The number of carbonyl (C=O) groups is 1. The molecule has 0 unspecified atom stereocenters. The number of sulfonamides is 1. The topological polar surface area (TPSA) is 128 Å². The zero-order chi connectivity index (χ0) is 24.1. The third-order valence-corrected chi connectivity index (χ3v) is 6.07. The van der Waals surface area contributed by atoms with Gasteiger partial charge in [-0.3, -0.25) is 19.2 Å². The SMILES string of the molecule is CC[C@@H](C(=O)N[C@@H](C)c1ccccc1OC)N(c1cc([N+](=O)[O-])ccc1OC)S(C)(=O)=O. The van der Waals surface area contributed by atoms with E-state index in [0.29, 0.717) is 5.75 Å². The summed E-state index contributed by atoms with van der Waals surface area (Å²) in [6.07, 6.45) is 1.05. The van der Waals surface area contributed by atoms with Gasteiger partial charge >= 0.3 is 0 Å². The number of amides is 1. The number of non-ortho nitro benzene ring substituents is 1. The predicted octanol–water partition coefficient (Wildman–Crippen LogP) is 3.03. The van der Waals surface area contributed by atoms with Gasteiger partial charge in [-0.05, 0) is 25.5 Å². The van der Waals surface area contributed by atoms with Crippen LogP contribution >= 0.6 is 0 Å². The van der Waals surface area contributed by atoms with Gasteiger partial charge < -0.3 is 14.8 Å². The fourth-order valence-corrected chi connectivity index (χ4v) is 4.62. The summed E-state index contributed by atoms with van der Waals surface area (Å²) in [6.45, 7) is 3.40. The fourth-order valence-electron chi connectivity index (χ4n) is 3.41. The molecule has 0 aliphatic heterocycles. The maximum atomic E-state index is 13.2. The normalized spacial score (nSPS) is 13.0. The number of para-hydroxylation sites is 1. The highest BCUT2D eigenvalue weighted by molar-refractivity contribution is 7.92. The molecule has 2 atom stereocenters. The summed E-state index contributed by atoms with van der Waals surface area (Å²) in [5.74, 6) is 0.101. The predicted molar refractivity (Wildman–Crippen MR) is 121 cm³/mol. The zero-order valence-electron chi connectivity index (χ0n) is 18.6. The van der Waals surface area contributed by atoms with Gasteiger partial charge in [-0.2, -0.15) is 0 Å². The first-order valence-electron chi connectivity index (χ1n) is 9.80. The van der Waals surface area contributed by atoms with Gasteiger partial charge in [0.2, 0.25) is 15.9 Å². The van der Waals surface area contributed by atoms with E-state index in [1.165, 1.54) is 26.4 Å². The maximum Gasteiger partial charge on any atom is 0.271 e. The van der Waals surface area contributed by atoms with Gasteiger partial charge in [0.05, 0.1) is 31.4 Å². The molecule has 0 aliphatic carbocycles. The van der Waals surface area contributed by atoms with Gasteiger partial charge in [0.25, 0.3) is 5.69 Å². The number of rotatable bonds is 10. The highest BCUT2D eigenvalue weighted by atomic mass is 32.2. The summed E-state index contributed by atoms with van der Waals surface area (Å²) < 4.78 is 36.9. The standard InChI is InChI=1S/C21H27N3O7S/c1-6-17(21(25)22-14(2)16-9-7-8-10-19(16)30-3)23(32(5,28)29)18-13-15(24(26)27)11-12-20(18)31-4/h7-14,17H,6H2,1-5H3,(H,22,25)/t14-,17-/m0/s1. The van der Waals surface area contributed by atoms with E-state index in [0.717, 1.165) is 22.2 Å². The second-order valence-electron chi connectivity index (χ2n) is 7.07. The zero-order valence-corrected chi connectivity index (χ0v) is 19.4. The summed E-state index contributed by atoms with van der Waals surface area (Å²) in [6, 6.07) is 9.08. The molecule has 1 amide bonds. The first-order chi connectivity index (χ1) is 15.0. The molecule has 2 rings (SSSR count). The Morgan fingerprint density at radius 3 is 2.31 bits per heavy atom. The number of nitrogens with zero attached hydrogens (tertiary/aromatic N) is 2. The van der Waals surface area contributed by atoms with E-state index < -0.39 is 32.9 Å². The van der Waals surface area contributed by atoms with Gasteiger partial charge in [-0.15, -0.1) is 0 Å². The lowest BCUT2D eigenvalue weighted by Gasteiger charge is -2.32. The molecule has 10 nitrogen and oxygen atoms in total. The first kappa shape index (κ1) is 24.9. The van der Waals surface area contributed by atoms with Crippen molar-refractivity contribution >= 4 is 27.3 Å². The molecule has 11 heteroatoms. The van der Waals surface area contributed by atoms with Crippen LogP contribution in [0.2, 0.25) is 0 Å². The van der Waals surface area contributed by atoms with Crippen LogP contribution in [-0.2, 0) is 14.8 Å². The summed E-state index contributed by atoms with van der Waals surface area (Å²) in [5, 5.41) is 14.1. The number of benzene rings is 2. The van der Waals surface area contributed by atoms with Crippen molar-refractivity contribution in [3.05, 3.63) is 58.1 Å². The van der Waals surface area contributed by atoms with Crippen molar-refractivity contribution in [1.82, 2.24) is 5.32 Å². The number of hydrogen-bond donors (Lipinski definition) is 1. The molecule has 0 saturated heterocycles. The molecule has 0 saturated carbocycles. The molecular formula is C21H27N3O7S. The van der Waals surface area contributed by atoms with Crippen molar-refractivity contribution in [2.24, 2.45) is 0 Å². The van der Waals surface area contributed by atoms with E-state index in [-0.39, 0.29) is 23.5 Å². The number of anilines is 1. The van der Waals surface area contributed by atoms with Crippen molar-refractivity contribution in [1.29, 1.82) is 0 Å². The monoisotopic (exact) mass is 465 g/mol. The maximum absolute atomic E-state index is 13.2. The van der Waals surface area contributed by atoms with Gasteiger partial charge in [-0.1, -0.05) is 25.1 Å². The van der Waals surface area contributed by atoms with Gasteiger partial charge in [-0.25, -0.2) is 8.42 Å². The van der Waals surface area contributed by atoms with Crippen LogP contribution in [0.5, 0.6) is 11.5 Å². The summed E-state index contributed by atoms with van der Waals surface area (Å²) >= 11 is 0. The lowest BCUT2D eigenvalue weighted by atomic mass is 10.1. The van der Waals surface area contributed by atoms with E-state index in [2.05, 4.69) is 5.32 Å². The summed E-state index contributed by atoms with van der Waals surface area (Å²) in [5.41, 5.74) is 0.306. The lowest BCUT2D eigenvalue weighted by molar-refractivity contribution is -0.384. The van der Waals surface area contributed by atoms with E-state index in [1.807, 2.05) is 0 Å². The minimum absolute atomic E-state index is 0.0869. The smallest absolute Gasteiger partial charge is 0.271 e. The average molecular weight is 466 g/mol. The van der Waals surface area contributed by atoms with Crippen LogP contribution in [0.3, 0.4) is 0 Å². The highest BCUT2D eigenvalue weighted by Crippen LogP contribution is 2.36. The minimum Gasteiger partial charge on any atom is -0.496 e. The lowest BCUT2D eigenvalue weighted by Crippen LogP contribution is -2.49. The van der Waals surface area contributed by atoms with E-state index in [1.54, 1.807) is 38.1 Å². The number of nitro benzene ring substituents is 1. The van der Waals surface area contributed by atoms with Crippen LogP contribution in [-0.4, -0.2) is 45.8 Å². The Balaban J connectivity index is 2.49. The average Bonchev–Trinajstić information content (AvgIpc) is 2.75. The Morgan fingerprint density at radius 1 is 1.16 bits per heavy atom. The molecule has 32 heavy (non-hydrogen) atoms. The van der Waals surface area contributed by atoms with Crippen molar-refractivity contribution in [3.63, 3.8) is 0 Å². The Morgan fingerprint density at radius 2 is 1.78 bits per heavy atom. The van der Waals surface area contributed by atoms with Crippen LogP contribution in [0.15, 0.2) is 42.5 Å². The molecule has 2 aromatic carbocycles. The summed E-state index contributed by atoms with van der Waals surface area (Å²) in [4.78, 5) is 23.8. The van der Waals surface area contributed by atoms with E-state index >= 15 is 0 Å². The Hall–Kier alpha value is -3.34. The number of methoxy groups -OCH3 is 2. The van der Waals surface area contributed by atoms with Crippen LogP contribution in [0, 0.1) is 10.1 Å². The molecule has 0 aliphatic rings. The van der Waals surface area contributed by atoms with Crippen molar-refractivity contribution in [2.45, 2.75) is 32.4 Å². The molecule has 1 N–H and O–H groups in total. The third-order valence-electron chi connectivity index (χ3n) is 4.90. The quantitative estimate of drug-likeness (QED) is 0.422.